The Balaban J connectivity index is 0. The van der Waals surface area contributed by atoms with Crippen molar-refractivity contribution >= 4 is 16.0 Å². The van der Waals surface area contributed by atoms with Crippen LogP contribution >= 0.6 is 0 Å². The van der Waals surface area contributed by atoms with Gasteiger partial charge in [-0.05, 0) is 12.5 Å². The minimum absolute atomic E-state index is 0.0964. The lowest BCUT2D eigenvalue weighted by molar-refractivity contribution is -0.113. The summed E-state index contributed by atoms with van der Waals surface area (Å²) in [5.74, 6) is -0.578. The van der Waals surface area contributed by atoms with E-state index in [0.29, 0.717) is 6.42 Å². The van der Waals surface area contributed by atoms with Crippen molar-refractivity contribution in [1.29, 1.82) is 0 Å². The average molecular weight is 223 g/mol. The first-order valence-corrected chi connectivity index (χ1v) is 5.81. The molecule has 5 nitrogen and oxygen atoms in total. The molecule has 0 aliphatic heterocycles. The fraction of sp³-hybridized carbons (Fsp3) is 0.625. The van der Waals surface area contributed by atoms with Gasteiger partial charge >= 0.3 is 0 Å². The smallest absolute Gasteiger partial charge is 0.264 e. The van der Waals surface area contributed by atoms with Crippen molar-refractivity contribution in [2.75, 3.05) is 5.75 Å². The van der Waals surface area contributed by atoms with Crippen LogP contribution in [0.25, 0.3) is 0 Å². The van der Waals surface area contributed by atoms with E-state index < -0.39 is 16.0 Å². The van der Waals surface area contributed by atoms with Crippen LogP contribution in [-0.4, -0.2) is 24.6 Å². The highest BCUT2D eigenvalue weighted by Gasteiger charge is 2.01. The molecule has 84 valence electrons. The Morgan fingerprint density at radius 1 is 1.50 bits per heavy atom. The number of amides is 1. The van der Waals surface area contributed by atoms with Crippen LogP contribution in [0.5, 0.6) is 0 Å². The van der Waals surface area contributed by atoms with E-state index in [4.69, 9.17) is 4.55 Å². The van der Waals surface area contributed by atoms with E-state index in [1.165, 1.54) is 0 Å². The van der Waals surface area contributed by atoms with Gasteiger partial charge in [0.25, 0.3) is 10.1 Å². The zero-order valence-corrected chi connectivity index (χ0v) is 9.09. The maximum absolute atomic E-state index is 10.1. The second-order valence-electron chi connectivity index (χ2n) is 2.60. The van der Waals surface area contributed by atoms with Gasteiger partial charge in [-0.15, -0.1) is 0 Å². The van der Waals surface area contributed by atoms with E-state index in [2.05, 4.69) is 12.3 Å². The number of primary amides is 1. The normalized spacial score (nSPS) is 9.86. The topological polar surface area (TPSA) is 97.5 Å². The number of rotatable bonds is 5. The summed E-state index contributed by atoms with van der Waals surface area (Å²) < 4.78 is 28.3. The number of hydrogen-bond acceptors (Lipinski definition) is 3. The molecule has 0 bridgehead atoms. The summed E-state index contributed by atoms with van der Waals surface area (Å²) in [7, 11) is -3.70. The first kappa shape index (κ1) is 15.6. The van der Waals surface area contributed by atoms with Crippen LogP contribution in [0.3, 0.4) is 0 Å². The van der Waals surface area contributed by atoms with Crippen molar-refractivity contribution in [2.24, 2.45) is 5.73 Å². The molecule has 0 heterocycles. The molecule has 0 aromatic carbocycles. The van der Waals surface area contributed by atoms with Gasteiger partial charge in [0.05, 0.1) is 5.75 Å². The van der Waals surface area contributed by atoms with Gasteiger partial charge in [-0.1, -0.05) is 26.3 Å². The number of unbranched alkanes of at least 4 members (excludes halogenated alkanes) is 2. The minimum Gasteiger partial charge on any atom is -0.366 e. The second kappa shape index (κ2) is 8.71. The Labute approximate surface area is 84.7 Å². The summed E-state index contributed by atoms with van der Waals surface area (Å²) in [5.41, 5.74) is 4.53. The van der Waals surface area contributed by atoms with E-state index in [1.54, 1.807) is 0 Å². The minimum atomic E-state index is -3.70. The predicted octanol–water partition coefficient (Wildman–Crippen LogP) is 0.722. The lowest BCUT2D eigenvalue weighted by atomic mass is 10.3. The molecule has 3 N–H and O–H groups in total. The van der Waals surface area contributed by atoms with Gasteiger partial charge in [0.15, 0.2) is 0 Å². The highest BCUT2D eigenvalue weighted by atomic mass is 32.2. The summed E-state index contributed by atoms with van der Waals surface area (Å²) in [4.78, 5) is 9.47. The molecule has 0 aliphatic rings. The summed E-state index contributed by atoms with van der Waals surface area (Å²) in [6, 6.07) is 0. The number of hydrogen-bond donors (Lipinski definition) is 2. The van der Waals surface area contributed by atoms with E-state index in [0.717, 1.165) is 18.9 Å². The van der Waals surface area contributed by atoms with E-state index in [1.807, 2.05) is 6.92 Å². The highest BCUT2D eigenvalue weighted by Crippen LogP contribution is 1.96. The van der Waals surface area contributed by atoms with Gasteiger partial charge < -0.3 is 5.73 Å². The van der Waals surface area contributed by atoms with Crippen LogP contribution in [0.2, 0.25) is 0 Å². The highest BCUT2D eigenvalue weighted by molar-refractivity contribution is 7.85. The van der Waals surface area contributed by atoms with Crippen LogP contribution in [0.1, 0.15) is 26.2 Å². The average Bonchev–Trinajstić information content (AvgIpc) is 2.04. The molecule has 0 saturated heterocycles. The third-order valence-corrected chi connectivity index (χ3v) is 2.01. The van der Waals surface area contributed by atoms with Crippen molar-refractivity contribution in [3.8, 4) is 0 Å². The van der Waals surface area contributed by atoms with E-state index >= 15 is 0 Å². The lowest BCUT2D eigenvalue weighted by Gasteiger charge is -1.92. The van der Waals surface area contributed by atoms with Crippen LogP contribution < -0.4 is 5.73 Å². The monoisotopic (exact) mass is 223 g/mol. The van der Waals surface area contributed by atoms with Crippen LogP contribution in [0.4, 0.5) is 0 Å². The molecular weight excluding hydrogens is 206 g/mol. The molecule has 0 fully saturated rings. The summed E-state index contributed by atoms with van der Waals surface area (Å²) in [6.07, 6.45) is 3.45. The Bertz CT molecular complexity index is 259. The molecule has 1 amide bonds. The zero-order chi connectivity index (χ0) is 11.6. The van der Waals surface area contributed by atoms with Gasteiger partial charge in [0.2, 0.25) is 5.91 Å². The third-order valence-electron chi connectivity index (χ3n) is 1.21. The largest absolute Gasteiger partial charge is 0.366 e. The van der Waals surface area contributed by atoms with E-state index in [-0.39, 0.29) is 5.75 Å². The Morgan fingerprint density at radius 2 is 1.93 bits per heavy atom. The first-order chi connectivity index (χ1) is 6.33. The van der Waals surface area contributed by atoms with Crippen molar-refractivity contribution in [2.45, 2.75) is 26.2 Å². The molecule has 0 atom stereocenters. The molecule has 0 spiro atoms. The van der Waals surface area contributed by atoms with Crippen molar-refractivity contribution in [3.63, 3.8) is 0 Å². The van der Waals surface area contributed by atoms with Gasteiger partial charge in [-0.2, -0.15) is 8.42 Å². The Morgan fingerprint density at radius 3 is 2.14 bits per heavy atom. The van der Waals surface area contributed by atoms with Gasteiger partial charge in [0.1, 0.15) is 0 Å². The Kier molecular flexibility index (Phi) is 9.69. The van der Waals surface area contributed by atoms with Gasteiger partial charge in [-0.3, -0.25) is 9.35 Å². The maximum atomic E-state index is 10.1. The Hall–Kier alpha value is -0.880. The van der Waals surface area contributed by atoms with Gasteiger partial charge in [0, 0.05) is 0 Å². The lowest BCUT2D eigenvalue weighted by Crippen LogP contribution is -2.04. The number of carbonyl (C=O) groups is 1. The van der Waals surface area contributed by atoms with Gasteiger partial charge in [-0.25, -0.2) is 0 Å². The fourth-order valence-corrected chi connectivity index (χ4v) is 1.10. The SMILES string of the molecule is C=CC(N)=O.CCCCCS(=O)(=O)O. The molecule has 0 radical (unpaired) electrons. The number of carbonyl (C=O) groups excluding carboxylic acids is 1. The second-order valence-corrected chi connectivity index (χ2v) is 4.17. The van der Waals surface area contributed by atoms with Crippen molar-refractivity contribution in [1.82, 2.24) is 0 Å². The molecule has 0 aliphatic carbocycles. The molecule has 0 aromatic heterocycles. The fourth-order valence-electron chi connectivity index (χ4n) is 0.534. The molecular formula is C8H17NO4S. The van der Waals surface area contributed by atoms with Crippen LogP contribution in [-0.2, 0) is 14.9 Å². The molecule has 0 aromatic rings. The zero-order valence-electron chi connectivity index (χ0n) is 8.27. The van der Waals surface area contributed by atoms with Crippen LogP contribution in [0, 0.1) is 0 Å². The quantitative estimate of drug-likeness (QED) is 0.407. The molecule has 6 heteroatoms. The van der Waals surface area contributed by atoms with Crippen molar-refractivity contribution in [3.05, 3.63) is 12.7 Å². The standard InChI is InChI=1S/C5H12O3S.C3H5NO/c1-2-3-4-5-9(6,7)8;1-2-3(4)5/h2-5H2,1H3,(H,6,7,8);2H,1H2,(H2,4,5). The third kappa shape index (κ3) is 22.5. The molecule has 14 heavy (non-hydrogen) atoms. The maximum Gasteiger partial charge on any atom is 0.264 e. The summed E-state index contributed by atoms with van der Waals surface area (Å²) >= 11 is 0. The molecule has 0 unspecified atom stereocenters. The number of nitrogens with two attached hydrogens (primary N) is 1. The molecule has 0 saturated carbocycles. The summed E-state index contributed by atoms with van der Waals surface area (Å²) in [6.45, 7) is 5.06. The summed E-state index contributed by atoms with van der Waals surface area (Å²) in [5, 5.41) is 0. The first-order valence-electron chi connectivity index (χ1n) is 4.20. The van der Waals surface area contributed by atoms with Crippen LogP contribution in [0.15, 0.2) is 12.7 Å². The van der Waals surface area contributed by atoms with Crippen molar-refractivity contribution < 1.29 is 17.8 Å². The van der Waals surface area contributed by atoms with E-state index in [9.17, 15) is 13.2 Å². The predicted molar refractivity (Wildman–Crippen MR) is 55.3 cm³/mol. The molecule has 0 rings (SSSR count).